The monoisotopic (exact) mass is 458 g/mol. The molecule has 3 aromatic rings. The van der Waals surface area contributed by atoms with Crippen LogP contribution in [0, 0.1) is 19.7 Å². The van der Waals surface area contributed by atoms with E-state index in [-0.39, 0.29) is 11.7 Å². The van der Waals surface area contributed by atoms with Crippen molar-refractivity contribution < 1.29 is 9.18 Å². The zero-order valence-electron chi connectivity index (χ0n) is 17.9. The number of benzene rings is 2. The van der Waals surface area contributed by atoms with Crippen molar-refractivity contribution in [3.8, 4) is 0 Å². The van der Waals surface area contributed by atoms with Gasteiger partial charge in [-0.3, -0.25) is 9.69 Å². The van der Waals surface area contributed by atoms with E-state index in [1.807, 2.05) is 0 Å². The second-order valence-corrected chi connectivity index (χ2v) is 9.90. The maximum atomic E-state index is 12.9. The number of hydrogen-bond acceptors (Lipinski definition) is 6. The van der Waals surface area contributed by atoms with Crippen molar-refractivity contribution in [3.05, 3.63) is 53.3 Å². The summed E-state index contributed by atoms with van der Waals surface area (Å²) in [4.78, 5) is 22.6. The molecule has 1 fully saturated rings. The number of nitrogens with one attached hydrogen (secondary N) is 1. The molecule has 0 atom stereocenters. The zero-order valence-corrected chi connectivity index (χ0v) is 19.5. The molecule has 0 saturated carbocycles. The Hall–Kier alpha value is -2.16. The molecule has 1 aromatic heterocycles. The Morgan fingerprint density at radius 2 is 1.90 bits per heavy atom. The first-order valence-electron chi connectivity index (χ1n) is 10.5. The summed E-state index contributed by atoms with van der Waals surface area (Å²) < 4.78 is 14.2. The van der Waals surface area contributed by atoms with E-state index in [0.717, 1.165) is 48.3 Å². The highest BCUT2D eigenvalue weighted by atomic mass is 32.2. The van der Waals surface area contributed by atoms with Crippen molar-refractivity contribution in [2.45, 2.75) is 18.7 Å². The van der Waals surface area contributed by atoms with Gasteiger partial charge >= 0.3 is 0 Å². The first-order valence-corrected chi connectivity index (χ1v) is 12.3. The summed E-state index contributed by atoms with van der Waals surface area (Å²) in [5.41, 5.74) is 3.64. The quantitative estimate of drug-likeness (QED) is 0.541. The molecule has 8 heteroatoms. The molecule has 0 aliphatic carbocycles. The highest BCUT2D eigenvalue weighted by molar-refractivity contribution is 8.00. The van der Waals surface area contributed by atoms with Gasteiger partial charge in [0.2, 0.25) is 5.91 Å². The summed E-state index contributed by atoms with van der Waals surface area (Å²) in [7, 11) is 0. The average molecular weight is 459 g/mol. The number of aromatic nitrogens is 1. The van der Waals surface area contributed by atoms with Crippen molar-refractivity contribution in [1.29, 1.82) is 0 Å². The number of aryl methyl sites for hydroxylation is 2. The van der Waals surface area contributed by atoms with Gasteiger partial charge < -0.3 is 10.2 Å². The van der Waals surface area contributed by atoms with Crippen molar-refractivity contribution in [2.75, 3.05) is 49.9 Å². The van der Waals surface area contributed by atoms with E-state index in [2.05, 4.69) is 41.1 Å². The first-order chi connectivity index (χ1) is 15.0. The summed E-state index contributed by atoms with van der Waals surface area (Å²) in [5, 5.41) is 4.09. The Bertz CT molecular complexity index is 1050. The van der Waals surface area contributed by atoms with Gasteiger partial charge in [-0.05, 0) is 55.3 Å². The lowest BCUT2D eigenvalue weighted by Crippen LogP contribution is -2.48. The molecule has 1 saturated heterocycles. The van der Waals surface area contributed by atoms with E-state index >= 15 is 0 Å². The normalized spacial score (nSPS) is 14.9. The number of nitrogens with zero attached hydrogens (tertiary/aromatic N) is 3. The van der Waals surface area contributed by atoms with Gasteiger partial charge in [0.15, 0.2) is 5.13 Å². The van der Waals surface area contributed by atoms with Gasteiger partial charge in [0, 0.05) is 44.2 Å². The summed E-state index contributed by atoms with van der Waals surface area (Å²) >= 11 is 3.20. The van der Waals surface area contributed by atoms with Crippen molar-refractivity contribution in [2.24, 2.45) is 0 Å². The van der Waals surface area contributed by atoms with Gasteiger partial charge in [0.1, 0.15) is 5.82 Å². The Kier molecular flexibility index (Phi) is 7.09. The molecule has 4 rings (SSSR count). The van der Waals surface area contributed by atoms with Crippen LogP contribution < -0.4 is 10.2 Å². The third-order valence-corrected chi connectivity index (χ3v) is 7.47. The zero-order chi connectivity index (χ0) is 21.8. The number of rotatable bonds is 7. The number of hydrogen-bond donors (Lipinski definition) is 1. The number of amides is 1. The average Bonchev–Trinajstić information content (AvgIpc) is 3.18. The summed E-state index contributed by atoms with van der Waals surface area (Å²) in [6.07, 6.45) is 0. The number of carbonyl (C=O) groups excluding carboxylic acids is 1. The molecule has 5 nitrogen and oxygen atoms in total. The third kappa shape index (κ3) is 5.75. The van der Waals surface area contributed by atoms with E-state index in [1.54, 1.807) is 23.5 Å². The maximum Gasteiger partial charge on any atom is 0.230 e. The highest BCUT2D eigenvalue weighted by Gasteiger charge is 2.20. The number of thiazole rings is 1. The van der Waals surface area contributed by atoms with Crippen LogP contribution in [0.3, 0.4) is 0 Å². The Balaban J connectivity index is 1.18. The molecule has 1 amide bonds. The van der Waals surface area contributed by atoms with Crippen LogP contribution in [0.4, 0.5) is 9.52 Å². The van der Waals surface area contributed by atoms with Crippen molar-refractivity contribution in [3.63, 3.8) is 0 Å². The van der Waals surface area contributed by atoms with Crippen LogP contribution in [0.5, 0.6) is 0 Å². The van der Waals surface area contributed by atoms with Crippen LogP contribution in [-0.2, 0) is 4.79 Å². The number of fused-ring (bicyclic) bond motifs is 1. The largest absolute Gasteiger partial charge is 0.354 e. The standard InChI is InChI=1S/C23H27FN4OS2/c1-16-13-17(2)22-20(14-16)31-23(26-22)28-11-9-27(10-12-28)8-7-25-21(29)15-30-19-5-3-18(24)4-6-19/h3-6,13-14H,7-12,15H2,1-2H3,(H,25,29). The molecule has 0 bridgehead atoms. The van der Waals surface area contributed by atoms with Crippen LogP contribution in [0.25, 0.3) is 10.2 Å². The number of anilines is 1. The molecule has 0 radical (unpaired) electrons. The molecule has 2 heterocycles. The van der Waals surface area contributed by atoms with Gasteiger partial charge in [0.05, 0.1) is 16.0 Å². The van der Waals surface area contributed by atoms with E-state index < -0.39 is 0 Å². The van der Waals surface area contributed by atoms with Crippen LogP contribution in [0.2, 0.25) is 0 Å². The molecule has 0 unspecified atom stereocenters. The number of piperazine rings is 1. The maximum absolute atomic E-state index is 12.9. The Morgan fingerprint density at radius 3 is 2.65 bits per heavy atom. The van der Waals surface area contributed by atoms with Gasteiger partial charge in [0.25, 0.3) is 0 Å². The lowest BCUT2D eigenvalue weighted by molar-refractivity contribution is -0.118. The van der Waals surface area contributed by atoms with Gasteiger partial charge in [-0.1, -0.05) is 17.4 Å². The Labute approximate surface area is 190 Å². The predicted octanol–water partition coefficient (Wildman–Crippen LogP) is 4.08. The minimum Gasteiger partial charge on any atom is -0.354 e. The van der Waals surface area contributed by atoms with Crippen molar-refractivity contribution in [1.82, 2.24) is 15.2 Å². The van der Waals surface area contributed by atoms with Crippen molar-refractivity contribution >= 4 is 44.4 Å². The number of halogens is 1. The Morgan fingerprint density at radius 1 is 1.16 bits per heavy atom. The number of carbonyl (C=O) groups is 1. The van der Waals surface area contributed by atoms with Crippen LogP contribution in [0.15, 0.2) is 41.3 Å². The van der Waals surface area contributed by atoms with Crippen LogP contribution in [-0.4, -0.2) is 60.8 Å². The van der Waals surface area contributed by atoms with Gasteiger partial charge in [-0.2, -0.15) is 0 Å². The van der Waals surface area contributed by atoms with E-state index in [4.69, 9.17) is 4.98 Å². The smallest absolute Gasteiger partial charge is 0.230 e. The van der Waals surface area contributed by atoms with Gasteiger partial charge in [-0.25, -0.2) is 9.37 Å². The molecular formula is C23H27FN4OS2. The number of thioether (sulfide) groups is 1. The highest BCUT2D eigenvalue weighted by Crippen LogP contribution is 2.32. The minimum atomic E-state index is -0.262. The van der Waals surface area contributed by atoms with E-state index in [1.165, 1.54) is 39.7 Å². The summed E-state index contributed by atoms with van der Waals surface area (Å²) in [5.74, 6) is 0.0889. The van der Waals surface area contributed by atoms with Gasteiger partial charge in [-0.15, -0.1) is 11.8 Å². The third-order valence-electron chi connectivity index (χ3n) is 5.40. The molecule has 1 aliphatic heterocycles. The molecule has 1 N–H and O–H groups in total. The van der Waals surface area contributed by atoms with E-state index in [9.17, 15) is 9.18 Å². The molecule has 1 aliphatic rings. The second-order valence-electron chi connectivity index (χ2n) is 7.85. The molecule has 164 valence electrons. The molecule has 0 spiro atoms. The minimum absolute atomic E-state index is 0.00750. The molecular weight excluding hydrogens is 431 g/mol. The van der Waals surface area contributed by atoms with Crippen LogP contribution >= 0.6 is 23.1 Å². The molecule has 31 heavy (non-hydrogen) atoms. The topological polar surface area (TPSA) is 48.5 Å². The van der Waals surface area contributed by atoms with E-state index in [0.29, 0.717) is 12.3 Å². The fourth-order valence-corrected chi connectivity index (χ4v) is 5.66. The van der Waals surface area contributed by atoms with Crippen LogP contribution in [0.1, 0.15) is 11.1 Å². The fourth-order valence-electron chi connectivity index (χ4n) is 3.74. The first kappa shape index (κ1) is 22.0. The molecule has 2 aromatic carbocycles. The summed E-state index contributed by atoms with van der Waals surface area (Å²) in [6, 6.07) is 10.6. The lowest BCUT2D eigenvalue weighted by atomic mass is 10.1. The second kappa shape index (κ2) is 9.97. The SMILES string of the molecule is Cc1cc(C)c2nc(N3CCN(CCNC(=O)CSc4ccc(F)cc4)CC3)sc2c1. The fraction of sp³-hybridized carbons (Fsp3) is 0.391. The predicted molar refractivity (Wildman–Crippen MR) is 128 cm³/mol. The summed E-state index contributed by atoms with van der Waals surface area (Å²) in [6.45, 7) is 9.58. The lowest BCUT2D eigenvalue weighted by Gasteiger charge is -2.34.